The number of alkyl halides is 3. The summed E-state index contributed by atoms with van der Waals surface area (Å²) < 4.78 is 47.4. The molecule has 10 heteroatoms. The number of hydrogen-bond acceptors (Lipinski definition) is 4. The first-order valence-electron chi connectivity index (χ1n) is 8.26. The number of aromatic nitrogens is 4. The van der Waals surface area contributed by atoms with E-state index in [-0.39, 0.29) is 11.6 Å². The lowest BCUT2D eigenvalue weighted by molar-refractivity contribution is -0.139. The highest BCUT2D eigenvalue weighted by molar-refractivity contribution is 6.30. The number of ether oxygens (including phenoxy) is 1. The van der Waals surface area contributed by atoms with E-state index < -0.39 is 23.2 Å². The van der Waals surface area contributed by atoms with Crippen molar-refractivity contribution in [3.8, 4) is 23.3 Å². The van der Waals surface area contributed by atoms with E-state index in [2.05, 4.69) is 22.3 Å². The smallest absolute Gasteiger partial charge is 0.419 e. The molecule has 3 rings (SSSR count). The number of nitrogens with zero attached hydrogens (tertiary/aromatic N) is 4. The van der Waals surface area contributed by atoms with E-state index in [1.807, 2.05) is 0 Å². The molecule has 29 heavy (non-hydrogen) atoms. The van der Waals surface area contributed by atoms with Crippen LogP contribution in [0.5, 0.6) is 5.75 Å². The summed E-state index contributed by atoms with van der Waals surface area (Å²) in [5.41, 5.74) is -0.305. The molecule has 2 aromatic carbocycles. The van der Waals surface area contributed by atoms with E-state index in [0.717, 1.165) is 27.6 Å². The summed E-state index contributed by atoms with van der Waals surface area (Å²) in [6.07, 6.45) is -4.62. The van der Waals surface area contributed by atoms with Gasteiger partial charge in [-0.05, 0) is 47.7 Å². The molecule has 0 spiro atoms. The van der Waals surface area contributed by atoms with Crippen LogP contribution < -0.4 is 10.4 Å². The van der Waals surface area contributed by atoms with Crippen molar-refractivity contribution in [2.45, 2.75) is 19.7 Å². The summed E-state index contributed by atoms with van der Waals surface area (Å²) in [5.74, 6) is 5.16. The maximum absolute atomic E-state index is 13.3. The fourth-order valence-electron chi connectivity index (χ4n) is 2.64. The normalized spacial score (nSPS) is 11.1. The van der Waals surface area contributed by atoms with Gasteiger partial charge in [-0.25, -0.2) is 4.79 Å². The molecule has 0 unspecified atom stereocenters. The van der Waals surface area contributed by atoms with Gasteiger partial charge in [0.05, 0.1) is 11.3 Å². The molecule has 0 saturated carbocycles. The minimum atomic E-state index is -4.62. The number of benzene rings is 2. The molecular weight excluding hydrogens is 409 g/mol. The molecular formula is C19H14ClF3N4O2. The van der Waals surface area contributed by atoms with Crippen molar-refractivity contribution < 1.29 is 17.9 Å². The molecule has 0 fully saturated rings. The number of aryl methyl sites for hydroxylation is 1. The standard InChI is InChI=1S/C19H14ClF3N4O2/c1-3-5-12-6-4-7-16(27-18(28)26(2)24-25-27)14(12)11-29-17-10-13(20)8-9-15(17)19(21,22)23/h4,6-10H,11H2,1-2H3. The lowest BCUT2D eigenvalue weighted by atomic mass is 10.1. The molecule has 0 aliphatic carbocycles. The van der Waals surface area contributed by atoms with Crippen molar-refractivity contribution in [3.63, 3.8) is 0 Å². The van der Waals surface area contributed by atoms with Gasteiger partial charge < -0.3 is 4.74 Å². The van der Waals surface area contributed by atoms with Crippen molar-refractivity contribution in [1.29, 1.82) is 0 Å². The first-order valence-corrected chi connectivity index (χ1v) is 8.63. The Morgan fingerprint density at radius 2 is 1.97 bits per heavy atom. The third-order valence-electron chi connectivity index (χ3n) is 3.98. The summed E-state index contributed by atoms with van der Waals surface area (Å²) in [7, 11) is 1.43. The number of rotatable bonds is 4. The highest BCUT2D eigenvalue weighted by Crippen LogP contribution is 2.38. The van der Waals surface area contributed by atoms with E-state index in [4.69, 9.17) is 16.3 Å². The van der Waals surface area contributed by atoms with Gasteiger partial charge in [0.25, 0.3) is 0 Å². The van der Waals surface area contributed by atoms with Gasteiger partial charge in [0.2, 0.25) is 0 Å². The maximum atomic E-state index is 13.3. The number of halogens is 4. The predicted molar refractivity (Wildman–Crippen MR) is 99.9 cm³/mol. The SMILES string of the molecule is CC#Cc1cccc(-n2nnn(C)c2=O)c1COc1cc(Cl)ccc1C(F)(F)F. The first kappa shape index (κ1) is 20.5. The van der Waals surface area contributed by atoms with Crippen LogP contribution in [0.15, 0.2) is 41.2 Å². The van der Waals surface area contributed by atoms with E-state index in [9.17, 15) is 18.0 Å². The molecule has 0 amide bonds. The maximum Gasteiger partial charge on any atom is 0.419 e. The molecule has 1 aromatic heterocycles. The second-order valence-electron chi connectivity index (χ2n) is 5.90. The molecule has 150 valence electrons. The van der Waals surface area contributed by atoms with E-state index >= 15 is 0 Å². The average Bonchev–Trinajstić information content (AvgIpc) is 2.98. The highest BCUT2D eigenvalue weighted by Gasteiger charge is 2.34. The molecule has 6 nitrogen and oxygen atoms in total. The Morgan fingerprint density at radius 1 is 1.21 bits per heavy atom. The van der Waals surface area contributed by atoms with Crippen LogP contribution in [-0.2, 0) is 19.8 Å². The number of tetrazole rings is 1. The van der Waals surface area contributed by atoms with Gasteiger partial charge in [-0.2, -0.15) is 22.5 Å². The Bertz CT molecular complexity index is 1170. The molecule has 0 atom stereocenters. The lowest BCUT2D eigenvalue weighted by Gasteiger charge is -2.16. The van der Waals surface area contributed by atoms with Crippen LogP contribution in [-0.4, -0.2) is 19.8 Å². The molecule has 0 aliphatic rings. The highest BCUT2D eigenvalue weighted by atomic mass is 35.5. The summed E-state index contributed by atoms with van der Waals surface area (Å²) >= 11 is 5.84. The van der Waals surface area contributed by atoms with Crippen molar-refractivity contribution in [1.82, 2.24) is 19.8 Å². The summed E-state index contributed by atoms with van der Waals surface area (Å²) in [6.45, 7) is 1.32. The van der Waals surface area contributed by atoms with Crippen LogP contribution >= 0.6 is 11.6 Å². The molecule has 0 radical (unpaired) electrons. The van der Waals surface area contributed by atoms with E-state index in [0.29, 0.717) is 16.8 Å². The van der Waals surface area contributed by atoms with Gasteiger partial charge in [-0.3, -0.25) is 0 Å². The zero-order chi connectivity index (χ0) is 21.2. The van der Waals surface area contributed by atoms with Crippen LogP contribution in [0.2, 0.25) is 5.02 Å². The van der Waals surface area contributed by atoms with Crippen molar-refractivity contribution >= 4 is 11.6 Å². The summed E-state index contributed by atoms with van der Waals surface area (Å²) in [5, 5.41) is 7.54. The van der Waals surface area contributed by atoms with Crippen molar-refractivity contribution in [2.75, 3.05) is 0 Å². The van der Waals surface area contributed by atoms with Gasteiger partial charge in [0.1, 0.15) is 12.4 Å². The van der Waals surface area contributed by atoms with Gasteiger partial charge in [-0.15, -0.1) is 5.92 Å². The third kappa shape index (κ3) is 4.27. The van der Waals surface area contributed by atoms with Gasteiger partial charge in [-0.1, -0.05) is 23.6 Å². The molecule has 0 saturated heterocycles. The first-order chi connectivity index (χ1) is 13.7. The second kappa shape index (κ2) is 8.01. The van der Waals surface area contributed by atoms with Crippen LogP contribution in [0.3, 0.4) is 0 Å². The molecule has 0 N–H and O–H groups in total. The number of hydrogen-bond donors (Lipinski definition) is 0. The Labute approximate surface area is 168 Å². The molecule has 0 aliphatic heterocycles. The average molecular weight is 423 g/mol. The topological polar surface area (TPSA) is 61.9 Å². The minimum absolute atomic E-state index is 0.0972. The third-order valence-corrected chi connectivity index (χ3v) is 4.22. The Morgan fingerprint density at radius 3 is 2.59 bits per heavy atom. The van der Waals surface area contributed by atoms with E-state index in [1.165, 1.54) is 7.05 Å². The molecule has 0 bridgehead atoms. The zero-order valence-electron chi connectivity index (χ0n) is 15.3. The summed E-state index contributed by atoms with van der Waals surface area (Å²) in [4.78, 5) is 12.3. The van der Waals surface area contributed by atoms with Crippen LogP contribution in [0.1, 0.15) is 23.6 Å². The quantitative estimate of drug-likeness (QED) is 0.603. The molecule has 1 heterocycles. The van der Waals surface area contributed by atoms with Gasteiger partial charge in [0, 0.05) is 23.2 Å². The summed E-state index contributed by atoms with van der Waals surface area (Å²) in [6, 6.07) is 7.98. The lowest BCUT2D eigenvalue weighted by Crippen LogP contribution is -2.23. The fraction of sp³-hybridized carbons (Fsp3) is 0.211. The largest absolute Gasteiger partial charge is 0.488 e. The van der Waals surface area contributed by atoms with E-state index in [1.54, 1.807) is 25.1 Å². The monoisotopic (exact) mass is 422 g/mol. The Hall–Kier alpha value is -3.25. The molecule has 3 aromatic rings. The van der Waals surface area contributed by atoms with Crippen molar-refractivity contribution in [3.05, 3.63) is 68.6 Å². The van der Waals surface area contributed by atoms with Crippen LogP contribution in [0, 0.1) is 11.8 Å². The van der Waals surface area contributed by atoms with Crippen LogP contribution in [0.25, 0.3) is 5.69 Å². The Kier molecular flexibility index (Phi) is 5.66. The fourth-order valence-corrected chi connectivity index (χ4v) is 2.80. The second-order valence-corrected chi connectivity index (χ2v) is 6.34. The predicted octanol–water partition coefficient (Wildman–Crippen LogP) is 3.59. The van der Waals surface area contributed by atoms with Crippen molar-refractivity contribution in [2.24, 2.45) is 7.05 Å². The minimum Gasteiger partial charge on any atom is -0.488 e. The zero-order valence-corrected chi connectivity index (χ0v) is 16.0. The van der Waals surface area contributed by atoms with Gasteiger partial charge in [0.15, 0.2) is 0 Å². The Balaban J connectivity index is 2.08. The van der Waals surface area contributed by atoms with Crippen LogP contribution in [0.4, 0.5) is 13.2 Å². The van der Waals surface area contributed by atoms with Gasteiger partial charge >= 0.3 is 11.9 Å².